The second-order valence-electron chi connectivity index (χ2n) is 10.4. The Balaban J connectivity index is 0.000000275. The lowest BCUT2D eigenvalue weighted by molar-refractivity contribution is -0.0963. The second-order valence-corrected chi connectivity index (χ2v) is 10.4. The summed E-state index contributed by atoms with van der Waals surface area (Å²) >= 11 is 0. The molecular formula is C39H49F5O3. The maximum absolute atomic E-state index is 11.9. The number of benzene rings is 4. The lowest BCUT2D eigenvalue weighted by Gasteiger charge is -2.09. The third kappa shape index (κ3) is 28.4. The van der Waals surface area contributed by atoms with Crippen LogP contribution in [0.2, 0.25) is 0 Å². The van der Waals surface area contributed by atoms with Crippen LogP contribution in [0.15, 0.2) is 115 Å². The van der Waals surface area contributed by atoms with Gasteiger partial charge in [-0.05, 0) is 62.1 Å². The van der Waals surface area contributed by atoms with E-state index in [-0.39, 0.29) is 5.82 Å². The molecule has 0 amide bonds. The molecule has 2 heterocycles. The smallest absolute Gasteiger partial charge is 0.158 e. The van der Waals surface area contributed by atoms with E-state index in [9.17, 15) is 22.0 Å². The van der Waals surface area contributed by atoms with Gasteiger partial charge < -0.3 is 14.2 Å². The van der Waals surface area contributed by atoms with Crippen molar-refractivity contribution in [2.45, 2.75) is 64.2 Å². The molecule has 4 aromatic rings. The SMILES string of the molecule is C1CCCCC1.C1CCOCC1.C1COCOC1.Fc1cccc(F)c1.Fc1ccccc1.Fc1ccccc1F.c1ccccc1. The lowest BCUT2D eigenvalue weighted by Crippen LogP contribution is -2.11. The third-order valence-electron chi connectivity index (χ3n) is 6.33. The molecule has 3 nitrogen and oxygen atoms in total. The van der Waals surface area contributed by atoms with Crippen LogP contribution in [0.3, 0.4) is 0 Å². The summed E-state index contributed by atoms with van der Waals surface area (Å²) in [7, 11) is 0. The molecule has 2 aliphatic heterocycles. The summed E-state index contributed by atoms with van der Waals surface area (Å²) in [6, 6.07) is 29.5. The van der Waals surface area contributed by atoms with Gasteiger partial charge >= 0.3 is 0 Å². The summed E-state index contributed by atoms with van der Waals surface area (Å²) in [6.07, 6.45) is 14.0. The number of halogens is 5. The van der Waals surface area contributed by atoms with Crippen molar-refractivity contribution in [3.63, 3.8) is 0 Å². The Morgan fingerprint density at radius 1 is 0.319 bits per heavy atom. The van der Waals surface area contributed by atoms with Gasteiger partial charge in [0.05, 0.1) is 13.2 Å². The zero-order chi connectivity index (χ0) is 34.0. The van der Waals surface area contributed by atoms with Crippen LogP contribution in [-0.2, 0) is 14.2 Å². The zero-order valence-corrected chi connectivity index (χ0v) is 27.2. The number of hydrogen-bond acceptors (Lipinski definition) is 3. The molecule has 0 spiro atoms. The van der Waals surface area contributed by atoms with E-state index in [4.69, 9.17) is 14.2 Å². The van der Waals surface area contributed by atoms with E-state index in [1.165, 1.54) is 100 Å². The molecule has 0 radical (unpaired) electrons. The molecule has 7 rings (SSSR count). The number of hydrogen-bond donors (Lipinski definition) is 0. The van der Waals surface area contributed by atoms with Gasteiger partial charge in [-0.15, -0.1) is 0 Å². The summed E-state index contributed by atoms with van der Waals surface area (Å²) < 4.78 is 74.4. The fourth-order valence-electron chi connectivity index (χ4n) is 3.89. The van der Waals surface area contributed by atoms with Crippen molar-refractivity contribution in [2.75, 3.05) is 33.2 Å². The fraction of sp³-hybridized carbons (Fsp3) is 0.385. The van der Waals surface area contributed by atoms with Crippen molar-refractivity contribution in [1.82, 2.24) is 0 Å². The van der Waals surface area contributed by atoms with Crippen molar-refractivity contribution >= 4 is 0 Å². The van der Waals surface area contributed by atoms with E-state index in [1.54, 1.807) is 18.2 Å². The van der Waals surface area contributed by atoms with Crippen molar-refractivity contribution in [2.24, 2.45) is 0 Å². The van der Waals surface area contributed by atoms with Gasteiger partial charge in [0.25, 0.3) is 0 Å². The summed E-state index contributed by atoms with van der Waals surface area (Å²) in [4.78, 5) is 0. The average molecular weight is 661 g/mol. The van der Waals surface area contributed by atoms with Crippen molar-refractivity contribution < 1.29 is 36.2 Å². The molecule has 3 aliphatic rings. The highest BCUT2D eigenvalue weighted by atomic mass is 19.2. The van der Waals surface area contributed by atoms with Crippen LogP contribution in [0, 0.1) is 29.1 Å². The first-order chi connectivity index (χ1) is 23.0. The van der Waals surface area contributed by atoms with Gasteiger partial charge in [-0.1, -0.05) is 111 Å². The summed E-state index contributed by atoms with van der Waals surface area (Å²) in [6.45, 7) is 4.25. The van der Waals surface area contributed by atoms with Gasteiger partial charge in [0.15, 0.2) is 11.6 Å². The van der Waals surface area contributed by atoms with Gasteiger partial charge in [-0.2, -0.15) is 0 Å². The minimum Gasteiger partial charge on any atom is -0.381 e. The second kappa shape index (κ2) is 31.0. The molecule has 4 aromatic carbocycles. The van der Waals surface area contributed by atoms with E-state index >= 15 is 0 Å². The highest BCUT2D eigenvalue weighted by Gasteiger charge is 1.96. The molecule has 0 aromatic heterocycles. The van der Waals surface area contributed by atoms with Gasteiger partial charge in [0, 0.05) is 19.3 Å². The quantitative estimate of drug-likeness (QED) is 0.176. The van der Waals surface area contributed by atoms with Crippen molar-refractivity contribution in [1.29, 1.82) is 0 Å². The number of rotatable bonds is 0. The third-order valence-corrected chi connectivity index (χ3v) is 6.33. The molecule has 0 atom stereocenters. The molecule has 0 unspecified atom stereocenters. The Bertz CT molecular complexity index is 1080. The molecule has 47 heavy (non-hydrogen) atoms. The van der Waals surface area contributed by atoms with E-state index in [0.717, 1.165) is 51.0 Å². The Hall–Kier alpha value is -3.59. The van der Waals surface area contributed by atoms with Gasteiger partial charge in [-0.3, -0.25) is 0 Å². The minimum absolute atomic E-state index is 0.178. The van der Waals surface area contributed by atoms with Gasteiger partial charge in [0.1, 0.15) is 24.2 Å². The Labute approximate surface area is 277 Å². The molecule has 258 valence electrons. The van der Waals surface area contributed by atoms with Crippen LogP contribution in [0.25, 0.3) is 0 Å². The topological polar surface area (TPSA) is 27.7 Å². The maximum atomic E-state index is 11.9. The Morgan fingerprint density at radius 2 is 0.660 bits per heavy atom. The standard InChI is InChI=1S/2C6H4F2.C6H5F.C6H12.C6H6.C5H10O.C4H8O2/c7-5-2-1-3-6(8)4-5;7-5-3-1-2-4-6(5)8;7-6-4-2-1-3-5-6;3*1-2-4-6-5-3-1;1-2-5-4-6-3-1/h2*1-4H;1-5H;1-6H2;1-6H;1-5H2;1-4H2. The molecular weight excluding hydrogens is 611 g/mol. The molecule has 0 bridgehead atoms. The molecule has 3 fully saturated rings. The molecule has 2 saturated heterocycles. The van der Waals surface area contributed by atoms with E-state index in [2.05, 4.69) is 0 Å². The van der Waals surface area contributed by atoms with Crippen LogP contribution in [0.4, 0.5) is 22.0 Å². The molecule has 1 aliphatic carbocycles. The highest BCUT2D eigenvalue weighted by molar-refractivity contribution is 5.06. The average Bonchev–Trinajstić information content (AvgIpc) is 3.14. The monoisotopic (exact) mass is 660 g/mol. The molecule has 8 heteroatoms. The first kappa shape index (κ1) is 41.4. The van der Waals surface area contributed by atoms with E-state index in [0.29, 0.717) is 6.79 Å². The van der Waals surface area contributed by atoms with Crippen molar-refractivity contribution in [3.8, 4) is 0 Å². The summed E-state index contributed by atoms with van der Waals surface area (Å²) in [5.74, 6) is -2.85. The van der Waals surface area contributed by atoms with E-state index < -0.39 is 23.3 Å². The highest BCUT2D eigenvalue weighted by Crippen LogP contribution is 2.15. The predicted octanol–water partition coefficient (Wildman–Crippen LogP) is 11.4. The molecule has 1 saturated carbocycles. The predicted molar refractivity (Wildman–Crippen MR) is 179 cm³/mol. The lowest BCUT2D eigenvalue weighted by atomic mass is 10.0. The molecule has 0 N–H and O–H groups in total. The van der Waals surface area contributed by atoms with E-state index in [1.807, 2.05) is 36.4 Å². The first-order valence-corrected chi connectivity index (χ1v) is 16.2. The zero-order valence-electron chi connectivity index (χ0n) is 27.2. The normalized spacial score (nSPS) is 14.7. The van der Waals surface area contributed by atoms with Crippen LogP contribution in [0.5, 0.6) is 0 Å². The maximum Gasteiger partial charge on any atom is 0.158 e. The minimum atomic E-state index is -0.799. The van der Waals surface area contributed by atoms with Crippen LogP contribution in [-0.4, -0.2) is 33.2 Å². The van der Waals surface area contributed by atoms with Crippen LogP contribution < -0.4 is 0 Å². The summed E-state index contributed by atoms with van der Waals surface area (Å²) in [5, 5.41) is 0. The van der Waals surface area contributed by atoms with Crippen LogP contribution in [0.1, 0.15) is 64.2 Å². The largest absolute Gasteiger partial charge is 0.381 e. The fourth-order valence-corrected chi connectivity index (χ4v) is 3.89. The Kier molecular flexibility index (Phi) is 27.4. The van der Waals surface area contributed by atoms with Crippen molar-refractivity contribution in [3.05, 3.63) is 144 Å². The van der Waals surface area contributed by atoms with Gasteiger partial charge in [-0.25, -0.2) is 22.0 Å². The number of ether oxygens (including phenoxy) is 3. The Morgan fingerprint density at radius 3 is 0.872 bits per heavy atom. The van der Waals surface area contributed by atoms with Crippen LogP contribution >= 0.6 is 0 Å². The summed E-state index contributed by atoms with van der Waals surface area (Å²) in [5.41, 5.74) is 0. The van der Waals surface area contributed by atoms with Gasteiger partial charge in [0.2, 0.25) is 0 Å². The first-order valence-electron chi connectivity index (χ1n) is 16.2.